The van der Waals surface area contributed by atoms with Crippen LogP contribution in [0.15, 0.2) is 45.9 Å². The van der Waals surface area contributed by atoms with E-state index in [0.717, 1.165) is 5.39 Å². The summed E-state index contributed by atoms with van der Waals surface area (Å²) < 4.78 is 5.22. The number of halogens is 1. The molecule has 0 aliphatic rings. The van der Waals surface area contributed by atoms with Crippen molar-refractivity contribution in [3.8, 4) is 11.3 Å². The Balaban J connectivity index is 2.31. The van der Waals surface area contributed by atoms with Crippen LogP contribution in [0.4, 0.5) is 5.69 Å². The molecule has 0 atom stereocenters. The molecule has 2 heterocycles. The molecule has 1 aromatic carbocycles. The van der Waals surface area contributed by atoms with Crippen LogP contribution in [0.1, 0.15) is 0 Å². The Morgan fingerprint density at radius 1 is 1.16 bits per heavy atom. The van der Waals surface area contributed by atoms with Crippen LogP contribution in [0.2, 0.25) is 5.15 Å². The summed E-state index contributed by atoms with van der Waals surface area (Å²) in [6.45, 7) is 0. The Hall–Kier alpha value is -2.40. The molecule has 0 saturated carbocycles. The summed E-state index contributed by atoms with van der Waals surface area (Å²) in [6.07, 6.45) is 2.92. The molecule has 3 aromatic rings. The summed E-state index contributed by atoms with van der Waals surface area (Å²) in [7, 11) is 0. The van der Waals surface area contributed by atoms with E-state index in [0.29, 0.717) is 17.0 Å². The van der Waals surface area contributed by atoms with E-state index in [1.807, 2.05) is 0 Å². The molecule has 6 heteroatoms. The first kappa shape index (κ1) is 11.7. The Morgan fingerprint density at radius 2 is 1.95 bits per heavy atom. The third kappa shape index (κ3) is 2.04. The van der Waals surface area contributed by atoms with Gasteiger partial charge in [-0.25, -0.2) is 9.78 Å². The minimum atomic E-state index is -0.527. The summed E-state index contributed by atoms with van der Waals surface area (Å²) in [4.78, 5) is 19.9. The van der Waals surface area contributed by atoms with Crippen LogP contribution in [0.3, 0.4) is 0 Å². The molecule has 0 aliphatic heterocycles. The van der Waals surface area contributed by atoms with Crippen LogP contribution in [0.25, 0.3) is 22.2 Å². The normalized spacial score (nSPS) is 10.8. The largest absolute Gasteiger partial charge is 0.422 e. The highest BCUT2D eigenvalue weighted by Crippen LogP contribution is 2.24. The van der Waals surface area contributed by atoms with Gasteiger partial charge in [0.15, 0.2) is 5.15 Å². The van der Waals surface area contributed by atoms with Crippen molar-refractivity contribution in [1.82, 2.24) is 9.97 Å². The van der Waals surface area contributed by atoms with Gasteiger partial charge in [-0.1, -0.05) is 11.6 Å². The molecule has 5 nitrogen and oxygen atoms in total. The molecule has 0 amide bonds. The third-order valence-corrected chi connectivity index (χ3v) is 2.95. The molecule has 0 aliphatic carbocycles. The molecule has 2 N–H and O–H groups in total. The maximum Gasteiger partial charge on any atom is 0.345 e. The topological polar surface area (TPSA) is 82.0 Å². The number of benzene rings is 1. The van der Waals surface area contributed by atoms with Crippen LogP contribution in [0.5, 0.6) is 0 Å². The lowest BCUT2D eigenvalue weighted by atomic mass is 10.1. The van der Waals surface area contributed by atoms with Gasteiger partial charge in [0, 0.05) is 29.5 Å². The first-order valence-corrected chi connectivity index (χ1v) is 5.83. The molecular weight excluding hydrogens is 266 g/mol. The summed E-state index contributed by atoms with van der Waals surface area (Å²) in [5.41, 5.74) is 6.64. The Kier molecular flexibility index (Phi) is 2.68. The fourth-order valence-electron chi connectivity index (χ4n) is 1.79. The average Bonchev–Trinajstić information content (AvgIpc) is 2.39. The zero-order chi connectivity index (χ0) is 13.4. The number of aromatic nitrogens is 2. The van der Waals surface area contributed by atoms with Gasteiger partial charge in [0.2, 0.25) is 0 Å². The number of fused-ring (bicyclic) bond motifs is 1. The van der Waals surface area contributed by atoms with Crippen molar-refractivity contribution in [2.75, 3.05) is 5.73 Å². The number of nitrogens with zero attached hydrogens (tertiary/aromatic N) is 2. The van der Waals surface area contributed by atoms with E-state index in [1.54, 1.807) is 24.3 Å². The smallest absolute Gasteiger partial charge is 0.345 e. The lowest BCUT2D eigenvalue weighted by Gasteiger charge is -2.03. The van der Waals surface area contributed by atoms with E-state index in [4.69, 9.17) is 21.8 Å². The first-order chi connectivity index (χ1) is 9.15. The quantitative estimate of drug-likeness (QED) is 0.544. The zero-order valence-electron chi connectivity index (χ0n) is 9.63. The second-order valence-electron chi connectivity index (χ2n) is 3.94. The molecule has 19 heavy (non-hydrogen) atoms. The SMILES string of the molecule is Nc1ccc2cc(-c3nccnc3Cl)c(=O)oc2c1. The monoisotopic (exact) mass is 273 g/mol. The van der Waals surface area contributed by atoms with Crippen molar-refractivity contribution in [1.29, 1.82) is 0 Å². The molecule has 0 radical (unpaired) electrons. The van der Waals surface area contributed by atoms with Crippen LogP contribution in [0, 0.1) is 0 Å². The van der Waals surface area contributed by atoms with Crippen LogP contribution in [-0.2, 0) is 0 Å². The highest BCUT2D eigenvalue weighted by molar-refractivity contribution is 6.31. The fourth-order valence-corrected chi connectivity index (χ4v) is 2.00. The molecule has 2 aromatic heterocycles. The lowest BCUT2D eigenvalue weighted by molar-refractivity contribution is 0.563. The van der Waals surface area contributed by atoms with Crippen molar-refractivity contribution in [2.24, 2.45) is 0 Å². The van der Waals surface area contributed by atoms with E-state index in [-0.39, 0.29) is 10.7 Å². The molecule has 0 spiro atoms. The van der Waals surface area contributed by atoms with Crippen molar-refractivity contribution >= 4 is 28.3 Å². The second kappa shape index (κ2) is 4.37. The Morgan fingerprint density at radius 3 is 2.74 bits per heavy atom. The number of nitrogens with two attached hydrogens (primary N) is 1. The summed E-state index contributed by atoms with van der Waals surface area (Å²) in [6, 6.07) is 6.75. The van der Waals surface area contributed by atoms with E-state index >= 15 is 0 Å². The van der Waals surface area contributed by atoms with Gasteiger partial charge in [0.05, 0.1) is 5.56 Å². The van der Waals surface area contributed by atoms with Crippen molar-refractivity contribution in [3.63, 3.8) is 0 Å². The van der Waals surface area contributed by atoms with E-state index in [1.165, 1.54) is 12.4 Å². The van der Waals surface area contributed by atoms with Gasteiger partial charge in [0.25, 0.3) is 0 Å². The van der Waals surface area contributed by atoms with Crippen molar-refractivity contribution in [3.05, 3.63) is 52.2 Å². The summed E-state index contributed by atoms with van der Waals surface area (Å²) in [5.74, 6) is 0. The molecule has 94 valence electrons. The minimum absolute atomic E-state index is 0.157. The minimum Gasteiger partial charge on any atom is -0.422 e. The molecule has 0 saturated heterocycles. The van der Waals surface area contributed by atoms with Crippen molar-refractivity contribution in [2.45, 2.75) is 0 Å². The van der Waals surface area contributed by atoms with Gasteiger partial charge < -0.3 is 10.2 Å². The number of hydrogen-bond donors (Lipinski definition) is 1. The summed E-state index contributed by atoms with van der Waals surface area (Å²) >= 11 is 5.93. The van der Waals surface area contributed by atoms with E-state index in [2.05, 4.69) is 9.97 Å². The molecule has 0 unspecified atom stereocenters. The highest BCUT2D eigenvalue weighted by atomic mass is 35.5. The first-order valence-electron chi connectivity index (χ1n) is 5.45. The lowest BCUT2D eigenvalue weighted by Crippen LogP contribution is -2.05. The zero-order valence-corrected chi connectivity index (χ0v) is 10.4. The van der Waals surface area contributed by atoms with Gasteiger partial charge in [0.1, 0.15) is 11.3 Å². The van der Waals surface area contributed by atoms with Crippen LogP contribution < -0.4 is 11.4 Å². The van der Waals surface area contributed by atoms with E-state index < -0.39 is 5.63 Å². The predicted molar refractivity (Wildman–Crippen MR) is 72.9 cm³/mol. The number of anilines is 1. The maximum absolute atomic E-state index is 12.0. The predicted octanol–water partition coefficient (Wildman–Crippen LogP) is 2.49. The molecule has 0 fully saturated rings. The van der Waals surface area contributed by atoms with Gasteiger partial charge in [-0.05, 0) is 18.2 Å². The Bertz CT molecular complexity index is 829. The number of rotatable bonds is 1. The fraction of sp³-hybridized carbons (Fsp3) is 0. The standard InChI is InChI=1S/C13H8ClN3O2/c14-12-11(16-3-4-17-12)9-5-7-1-2-8(15)6-10(7)19-13(9)18/h1-6H,15H2. The molecule has 0 bridgehead atoms. The van der Waals surface area contributed by atoms with Gasteiger partial charge >= 0.3 is 5.63 Å². The van der Waals surface area contributed by atoms with Gasteiger partial charge in [-0.3, -0.25) is 4.98 Å². The molecule has 3 rings (SSSR count). The summed E-state index contributed by atoms with van der Waals surface area (Å²) in [5, 5.41) is 0.898. The van der Waals surface area contributed by atoms with Gasteiger partial charge in [-0.15, -0.1) is 0 Å². The number of nitrogen functional groups attached to an aromatic ring is 1. The van der Waals surface area contributed by atoms with E-state index in [9.17, 15) is 4.79 Å². The average molecular weight is 274 g/mol. The number of hydrogen-bond acceptors (Lipinski definition) is 5. The van der Waals surface area contributed by atoms with Gasteiger partial charge in [-0.2, -0.15) is 0 Å². The van der Waals surface area contributed by atoms with Crippen LogP contribution >= 0.6 is 11.6 Å². The van der Waals surface area contributed by atoms with Crippen LogP contribution in [-0.4, -0.2) is 9.97 Å². The third-order valence-electron chi connectivity index (χ3n) is 2.67. The second-order valence-corrected chi connectivity index (χ2v) is 4.30. The molecular formula is C13H8ClN3O2. The maximum atomic E-state index is 12.0. The highest BCUT2D eigenvalue weighted by Gasteiger charge is 2.12. The Labute approximate surface area is 112 Å². The van der Waals surface area contributed by atoms with Crippen molar-refractivity contribution < 1.29 is 4.42 Å².